The average molecular weight is 334 g/mol. The summed E-state index contributed by atoms with van der Waals surface area (Å²) in [6.07, 6.45) is 4.63. The molecule has 0 aromatic carbocycles. The van der Waals surface area contributed by atoms with E-state index >= 15 is 0 Å². The lowest BCUT2D eigenvalue weighted by atomic mass is 9.80. The maximum atomic E-state index is 12.8. The Morgan fingerprint density at radius 1 is 1.17 bits per heavy atom. The lowest BCUT2D eigenvalue weighted by Gasteiger charge is -2.32. The second-order valence-electron chi connectivity index (χ2n) is 7.64. The molecule has 1 aliphatic carbocycles. The number of piperidine rings is 1. The molecule has 6 nitrogen and oxygen atoms in total. The second kappa shape index (κ2) is 5.14. The van der Waals surface area contributed by atoms with Crippen LogP contribution in [0.25, 0.3) is 0 Å². The molecule has 1 saturated carbocycles. The first-order valence-corrected chi connectivity index (χ1v) is 9.50. The number of nitrogens with zero attached hydrogens (tertiary/aromatic N) is 4. The third-order valence-electron chi connectivity index (χ3n) is 6.13. The Bertz CT molecular complexity index is 617. The van der Waals surface area contributed by atoms with Gasteiger partial charge in [0.15, 0.2) is 0 Å². The highest BCUT2D eigenvalue weighted by Gasteiger charge is 2.46. The first-order chi connectivity index (χ1) is 11.2. The smallest absolute Gasteiger partial charge is 0.284 e. The summed E-state index contributed by atoms with van der Waals surface area (Å²) in [6, 6.07) is 0. The van der Waals surface area contributed by atoms with Crippen molar-refractivity contribution in [3.8, 4) is 0 Å². The minimum absolute atomic E-state index is 0.0708. The summed E-state index contributed by atoms with van der Waals surface area (Å²) in [5.41, 5.74) is 0.289. The Morgan fingerprint density at radius 2 is 1.96 bits per heavy atom. The van der Waals surface area contributed by atoms with E-state index in [0.29, 0.717) is 5.01 Å². The highest BCUT2D eigenvalue weighted by Crippen LogP contribution is 2.46. The van der Waals surface area contributed by atoms with Crippen molar-refractivity contribution in [3.05, 3.63) is 5.01 Å². The van der Waals surface area contributed by atoms with Gasteiger partial charge in [-0.05, 0) is 42.9 Å². The van der Waals surface area contributed by atoms with Gasteiger partial charge in [-0.2, -0.15) is 0 Å². The van der Waals surface area contributed by atoms with Crippen molar-refractivity contribution in [2.45, 2.75) is 25.7 Å². The Kier molecular flexibility index (Phi) is 3.17. The van der Waals surface area contributed by atoms with Gasteiger partial charge >= 0.3 is 0 Å². The fraction of sp³-hybridized carbons (Fsp3) is 0.812. The third-order valence-corrected chi connectivity index (χ3v) is 7.10. The summed E-state index contributed by atoms with van der Waals surface area (Å²) in [4.78, 5) is 17.0. The number of hydrogen-bond acceptors (Lipinski definition) is 6. The molecule has 1 aromatic heterocycles. The molecule has 4 aliphatic rings. The van der Waals surface area contributed by atoms with Crippen molar-refractivity contribution in [1.82, 2.24) is 15.1 Å². The topological polar surface area (TPSA) is 58.6 Å². The molecule has 1 aromatic rings. The zero-order valence-corrected chi connectivity index (χ0v) is 14.1. The van der Waals surface area contributed by atoms with Crippen molar-refractivity contribution in [2.24, 2.45) is 17.3 Å². The number of ether oxygens (including phenoxy) is 1. The molecule has 5 rings (SSSR count). The van der Waals surface area contributed by atoms with Gasteiger partial charge in [0.05, 0.1) is 0 Å². The maximum Gasteiger partial charge on any atom is 0.284 e. The van der Waals surface area contributed by atoms with Crippen LogP contribution in [0.2, 0.25) is 0 Å². The average Bonchev–Trinajstić information content (AvgIpc) is 3.01. The van der Waals surface area contributed by atoms with Crippen molar-refractivity contribution in [3.63, 3.8) is 0 Å². The SMILES string of the molecule is O=C(c1nnc(N2CC3CC3C2)s1)N1CCC2(CCOCC2)C1. The van der Waals surface area contributed by atoms with Crippen LogP contribution in [0.15, 0.2) is 0 Å². The van der Waals surface area contributed by atoms with Crippen molar-refractivity contribution >= 4 is 22.4 Å². The van der Waals surface area contributed by atoms with Crippen molar-refractivity contribution in [1.29, 1.82) is 0 Å². The molecule has 2 atom stereocenters. The van der Waals surface area contributed by atoms with Crippen LogP contribution < -0.4 is 4.90 Å². The molecule has 7 heteroatoms. The zero-order valence-electron chi connectivity index (χ0n) is 13.2. The number of rotatable bonds is 2. The molecule has 4 fully saturated rings. The molecule has 0 N–H and O–H groups in total. The van der Waals surface area contributed by atoms with Crippen LogP contribution in [-0.4, -0.2) is 60.4 Å². The molecule has 0 bridgehead atoms. The maximum absolute atomic E-state index is 12.8. The number of fused-ring (bicyclic) bond motifs is 1. The van der Waals surface area contributed by atoms with Gasteiger partial charge in [-0.3, -0.25) is 4.79 Å². The molecule has 1 spiro atoms. The molecule has 2 unspecified atom stereocenters. The summed E-state index contributed by atoms with van der Waals surface area (Å²) in [5, 5.41) is 9.96. The fourth-order valence-corrected chi connectivity index (χ4v) is 5.27. The van der Waals surface area contributed by atoms with Gasteiger partial charge in [0.2, 0.25) is 10.1 Å². The number of hydrogen-bond donors (Lipinski definition) is 0. The third kappa shape index (κ3) is 2.45. The highest BCUT2D eigenvalue weighted by atomic mass is 32.1. The Balaban J connectivity index is 1.27. The van der Waals surface area contributed by atoms with Crippen molar-refractivity contribution < 1.29 is 9.53 Å². The zero-order chi connectivity index (χ0) is 15.4. The minimum atomic E-state index is 0.0708. The Labute approximate surface area is 139 Å². The summed E-state index contributed by atoms with van der Waals surface area (Å²) >= 11 is 1.47. The lowest BCUT2D eigenvalue weighted by Crippen LogP contribution is -2.35. The molecular weight excluding hydrogens is 312 g/mol. The molecule has 1 amide bonds. The highest BCUT2D eigenvalue weighted by molar-refractivity contribution is 7.17. The van der Waals surface area contributed by atoms with Crippen LogP contribution in [0.3, 0.4) is 0 Å². The van der Waals surface area contributed by atoms with E-state index in [-0.39, 0.29) is 11.3 Å². The number of anilines is 1. The lowest BCUT2D eigenvalue weighted by molar-refractivity contribution is 0.0191. The quantitative estimate of drug-likeness (QED) is 0.823. The fourth-order valence-electron chi connectivity index (χ4n) is 4.44. The van der Waals surface area contributed by atoms with Crippen LogP contribution in [0.5, 0.6) is 0 Å². The first-order valence-electron chi connectivity index (χ1n) is 8.68. The monoisotopic (exact) mass is 334 g/mol. The number of aromatic nitrogens is 2. The van der Waals surface area contributed by atoms with Gasteiger partial charge in [-0.25, -0.2) is 0 Å². The van der Waals surface area contributed by atoms with Gasteiger partial charge in [0.25, 0.3) is 5.91 Å². The van der Waals surface area contributed by atoms with E-state index in [1.807, 2.05) is 4.90 Å². The molecule has 4 heterocycles. The standard InChI is InChI=1S/C16H22N4O2S/c21-14(19-4-1-16(10-19)2-5-22-6-3-16)13-17-18-15(23-13)20-8-11-7-12(11)9-20/h11-12H,1-10H2. The number of carbonyl (C=O) groups excluding carboxylic acids is 1. The largest absolute Gasteiger partial charge is 0.381 e. The van der Waals surface area contributed by atoms with Gasteiger partial charge in [-0.1, -0.05) is 11.3 Å². The molecular formula is C16H22N4O2S. The second-order valence-corrected chi connectivity index (χ2v) is 8.60. The minimum Gasteiger partial charge on any atom is -0.381 e. The summed E-state index contributed by atoms with van der Waals surface area (Å²) < 4.78 is 5.48. The molecule has 23 heavy (non-hydrogen) atoms. The summed E-state index contributed by atoms with van der Waals surface area (Å²) in [5.74, 6) is 1.80. The van der Waals surface area contributed by atoms with Gasteiger partial charge in [-0.15, -0.1) is 10.2 Å². The first kappa shape index (κ1) is 14.2. The summed E-state index contributed by atoms with van der Waals surface area (Å²) in [6.45, 7) is 5.57. The van der Waals surface area contributed by atoms with E-state index in [4.69, 9.17) is 4.74 Å². The van der Waals surface area contributed by atoms with Crippen LogP contribution in [-0.2, 0) is 4.74 Å². The van der Waals surface area contributed by atoms with Crippen LogP contribution >= 0.6 is 11.3 Å². The van der Waals surface area contributed by atoms with Gasteiger partial charge in [0.1, 0.15) is 0 Å². The number of likely N-dealkylation sites (tertiary alicyclic amines) is 1. The predicted octanol–water partition coefficient (Wildman–Crippen LogP) is 1.64. The number of amides is 1. The van der Waals surface area contributed by atoms with Gasteiger partial charge < -0.3 is 14.5 Å². The number of carbonyl (C=O) groups is 1. The molecule has 0 radical (unpaired) electrons. The predicted molar refractivity (Wildman–Crippen MR) is 86.7 cm³/mol. The molecule has 3 saturated heterocycles. The van der Waals surface area contributed by atoms with Crippen molar-refractivity contribution in [2.75, 3.05) is 44.3 Å². The van der Waals surface area contributed by atoms with E-state index in [1.165, 1.54) is 17.8 Å². The van der Waals surface area contributed by atoms with E-state index in [1.54, 1.807) is 0 Å². The molecule has 3 aliphatic heterocycles. The summed E-state index contributed by atoms with van der Waals surface area (Å²) in [7, 11) is 0. The van der Waals surface area contributed by atoms with E-state index < -0.39 is 0 Å². The Morgan fingerprint density at radius 3 is 2.74 bits per heavy atom. The van der Waals surface area contributed by atoms with Crippen LogP contribution in [0.4, 0.5) is 5.13 Å². The molecule has 124 valence electrons. The van der Waals surface area contributed by atoms with E-state index in [0.717, 1.165) is 75.6 Å². The van der Waals surface area contributed by atoms with E-state index in [2.05, 4.69) is 15.1 Å². The van der Waals surface area contributed by atoms with Gasteiger partial charge in [0, 0.05) is 39.4 Å². The Hall–Kier alpha value is -1.21. The van der Waals surface area contributed by atoms with Crippen LogP contribution in [0.1, 0.15) is 35.5 Å². The van der Waals surface area contributed by atoms with Crippen LogP contribution in [0, 0.1) is 17.3 Å². The normalized spacial score (nSPS) is 31.7. The van der Waals surface area contributed by atoms with E-state index in [9.17, 15) is 4.79 Å².